The second kappa shape index (κ2) is 14.0. The van der Waals surface area contributed by atoms with E-state index in [2.05, 4.69) is 30.9 Å². The van der Waals surface area contributed by atoms with Gasteiger partial charge in [-0.3, -0.25) is 29.3 Å². The van der Waals surface area contributed by atoms with Crippen molar-refractivity contribution in [3.8, 4) is 23.0 Å². The number of hydrogen-bond donors (Lipinski definition) is 3. The van der Waals surface area contributed by atoms with Crippen molar-refractivity contribution in [3.05, 3.63) is 48.4 Å². The number of likely N-dealkylation sites (tertiary alicyclic amines) is 1. The number of likely N-dealkylation sites (N-methyl/N-ethyl adjacent to an activating group) is 1. The molecule has 48 heavy (non-hydrogen) atoms. The Hall–Kier alpha value is -4.98. The Morgan fingerprint density at radius 2 is 1.75 bits per heavy atom. The topological polar surface area (TPSA) is 147 Å². The van der Waals surface area contributed by atoms with Crippen molar-refractivity contribution in [2.75, 3.05) is 59.3 Å². The summed E-state index contributed by atoms with van der Waals surface area (Å²) in [6.07, 6.45) is 4.82. The molecule has 3 heterocycles. The first-order chi connectivity index (χ1) is 23.2. The number of hydrogen-bond acceptors (Lipinski definition) is 10. The molecule has 0 unspecified atom stereocenters. The van der Waals surface area contributed by atoms with Crippen molar-refractivity contribution in [1.29, 1.82) is 0 Å². The lowest BCUT2D eigenvalue weighted by atomic mass is 9.98. The monoisotopic (exact) mass is 661 g/mol. The normalized spacial score (nSPS) is 17.4. The van der Waals surface area contributed by atoms with Gasteiger partial charge in [0.25, 0.3) is 0 Å². The number of fused-ring (bicyclic) bond motifs is 1. The molecule has 2 fully saturated rings. The van der Waals surface area contributed by atoms with Crippen LogP contribution in [-0.2, 0) is 14.4 Å². The van der Waals surface area contributed by atoms with Crippen LogP contribution in [0.4, 0.5) is 10.1 Å². The molecule has 1 aliphatic carbocycles. The molecule has 14 heteroatoms. The fraction of sp³-hybridized carbons (Fsp3) is 0.441. The van der Waals surface area contributed by atoms with Crippen molar-refractivity contribution in [2.45, 2.75) is 32.1 Å². The van der Waals surface area contributed by atoms with Crippen molar-refractivity contribution in [3.63, 3.8) is 0 Å². The number of amides is 3. The summed E-state index contributed by atoms with van der Waals surface area (Å²) in [6, 6.07) is 9.27. The maximum absolute atomic E-state index is 15.3. The zero-order valence-electron chi connectivity index (χ0n) is 27.3. The number of nitrogens with one attached hydrogen (secondary N) is 3. The molecule has 1 saturated carbocycles. The van der Waals surface area contributed by atoms with Gasteiger partial charge in [-0.25, -0.2) is 4.39 Å². The second-order valence-corrected chi connectivity index (χ2v) is 12.4. The number of carbonyl (C=O) groups excluding carboxylic acids is 3. The van der Waals surface area contributed by atoms with E-state index >= 15 is 4.39 Å². The van der Waals surface area contributed by atoms with Gasteiger partial charge in [-0.2, -0.15) is 5.10 Å². The van der Waals surface area contributed by atoms with E-state index < -0.39 is 23.0 Å². The number of pyridine rings is 1. The molecule has 3 aromatic rings. The lowest BCUT2D eigenvalue weighted by Crippen LogP contribution is -2.42. The minimum atomic E-state index is -1.20. The Bertz CT molecular complexity index is 1740. The number of anilines is 1. The minimum Gasteiger partial charge on any atom is -0.493 e. The number of aromatic nitrogens is 1. The molecule has 254 valence electrons. The third-order valence-corrected chi connectivity index (χ3v) is 9.07. The van der Waals surface area contributed by atoms with Crippen LogP contribution in [0.2, 0.25) is 0 Å². The first-order valence-corrected chi connectivity index (χ1v) is 16.1. The average Bonchev–Trinajstić information content (AvgIpc) is 3.81. The fourth-order valence-corrected chi connectivity index (χ4v) is 5.92. The van der Waals surface area contributed by atoms with Crippen molar-refractivity contribution < 1.29 is 33.0 Å². The maximum Gasteiger partial charge on any atom is 0.241 e. The standard InChI is InChI=1S/C34H40FN7O6/c1-36-31(43)19-42-14-7-21(8-15-42)20-47-29-18-25-23(17-28(29)46-3)26(6-12-37-25)48-27-5-4-22(16-24(27)35)38-32(44)34(10-11-34)33(45)39-30-9-13-41(2)40-30/h4-6,12,16-18,21H,7-11,13-15,19-20H2,1-3H3,(H,36,43)(H,38,44)(H,39,40,45). The van der Waals surface area contributed by atoms with E-state index in [1.165, 1.54) is 12.1 Å². The highest BCUT2D eigenvalue weighted by Gasteiger charge is 2.57. The molecule has 0 spiro atoms. The van der Waals surface area contributed by atoms with E-state index in [0.717, 1.165) is 32.0 Å². The van der Waals surface area contributed by atoms with Crippen molar-refractivity contribution >= 4 is 40.1 Å². The summed E-state index contributed by atoms with van der Waals surface area (Å²) in [6.45, 7) is 3.26. The van der Waals surface area contributed by atoms with Gasteiger partial charge in [-0.1, -0.05) is 0 Å². The number of rotatable bonds is 11. The quantitative estimate of drug-likeness (QED) is 0.263. The van der Waals surface area contributed by atoms with E-state index in [-0.39, 0.29) is 17.3 Å². The summed E-state index contributed by atoms with van der Waals surface area (Å²) in [5.74, 6) is 0.641. The average molecular weight is 662 g/mol. The van der Waals surface area contributed by atoms with Crippen LogP contribution in [0.1, 0.15) is 32.1 Å². The molecule has 3 N–H and O–H groups in total. The van der Waals surface area contributed by atoms with Gasteiger partial charge in [0.1, 0.15) is 17.0 Å². The molecule has 0 atom stereocenters. The Kier molecular flexibility index (Phi) is 9.62. The number of benzene rings is 2. The predicted molar refractivity (Wildman–Crippen MR) is 177 cm³/mol. The molecular weight excluding hydrogens is 621 g/mol. The summed E-state index contributed by atoms with van der Waals surface area (Å²) in [5.41, 5.74) is -0.406. The first kappa shape index (κ1) is 32.9. The van der Waals surface area contributed by atoms with Crippen LogP contribution < -0.4 is 30.2 Å². The van der Waals surface area contributed by atoms with Crippen LogP contribution in [0.3, 0.4) is 0 Å². The second-order valence-electron chi connectivity index (χ2n) is 12.4. The third kappa shape index (κ3) is 7.28. The zero-order valence-corrected chi connectivity index (χ0v) is 27.3. The Labute approximate surface area is 277 Å². The molecule has 1 saturated heterocycles. The number of piperidine rings is 1. The maximum atomic E-state index is 15.3. The van der Waals surface area contributed by atoms with E-state index in [4.69, 9.17) is 14.2 Å². The number of halogens is 1. The van der Waals surface area contributed by atoms with Gasteiger partial charge in [-0.15, -0.1) is 0 Å². The molecule has 3 amide bonds. The predicted octanol–water partition coefficient (Wildman–Crippen LogP) is 3.50. The smallest absolute Gasteiger partial charge is 0.241 e. The highest BCUT2D eigenvalue weighted by atomic mass is 19.1. The summed E-state index contributed by atoms with van der Waals surface area (Å²) < 4.78 is 33.1. The largest absolute Gasteiger partial charge is 0.493 e. The van der Waals surface area contributed by atoms with Crippen LogP contribution in [0.15, 0.2) is 47.7 Å². The van der Waals surface area contributed by atoms with Crippen LogP contribution in [-0.4, -0.2) is 92.4 Å². The van der Waals surface area contributed by atoms with Crippen molar-refractivity contribution in [1.82, 2.24) is 25.5 Å². The number of methoxy groups -OCH3 is 1. The van der Waals surface area contributed by atoms with Gasteiger partial charge < -0.3 is 30.2 Å². The Balaban J connectivity index is 1.09. The Morgan fingerprint density at radius 3 is 2.42 bits per heavy atom. The number of ether oxygens (including phenoxy) is 3. The van der Waals surface area contributed by atoms with Gasteiger partial charge in [-0.05, 0) is 69.0 Å². The number of nitrogens with zero attached hydrogens (tertiary/aromatic N) is 4. The van der Waals surface area contributed by atoms with E-state index in [9.17, 15) is 14.4 Å². The first-order valence-electron chi connectivity index (χ1n) is 16.1. The molecular formula is C34H40FN7O6. The van der Waals surface area contributed by atoms with E-state index in [1.54, 1.807) is 43.6 Å². The molecule has 13 nitrogen and oxygen atoms in total. The number of amidine groups is 1. The van der Waals surface area contributed by atoms with Crippen LogP contribution in [0.5, 0.6) is 23.0 Å². The Morgan fingerprint density at radius 1 is 0.979 bits per heavy atom. The molecule has 0 radical (unpaired) electrons. The minimum absolute atomic E-state index is 0.0124. The van der Waals surface area contributed by atoms with Gasteiger partial charge in [0, 0.05) is 56.5 Å². The molecule has 1 aromatic heterocycles. The molecule has 3 aliphatic rings. The highest BCUT2D eigenvalue weighted by Crippen LogP contribution is 2.47. The molecule has 0 bridgehead atoms. The van der Waals surface area contributed by atoms with Crippen LogP contribution in [0, 0.1) is 17.2 Å². The fourth-order valence-electron chi connectivity index (χ4n) is 5.92. The summed E-state index contributed by atoms with van der Waals surface area (Å²) in [5, 5.41) is 14.7. The molecule has 2 aliphatic heterocycles. The van der Waals surface area contributed by atoms with Crippen LogP contribution >= 0.6 is 0 Å². The van der Waals surface area contributed by atoms with Gasteiger partial charge >= 0.3 is 0 Å². The molecule has 6 rings (SSSR count). The lowest BCUT2D eigenvalue weighted by Gasteiger charge is -2.31. The summed E-state index contributed by atoms with van der Waals surface area (Å²) in [4.78, 5) is 44.2. The summed E-state index contributed by atoms with van der Waals surface area (Å²) >= 11 is 0. The number of hydrazone groups is 1. The zero-order chi connectivity index (χ0) is 33.8. The number of carbonyl (C=O) groups is 3. The van der Waals surface area contributed by atoms with Gasteiger partial charge in [0.15, 0.2) is 23.1 Å². The van der Waals surface area contributed by atoms with Crippen molar-refractivity contribution in [2.24, 2.45) is 16.4 Å². The third-order valence-electron chi connectivity index (χ3n) is 9.07. The van der Waals surface area contributed by atoms with E-state index in [0.29, 0.717) is 78.9 Å². The molecule has 2 aromatic carbocycles. The van der Waals surface area contributed by atoms with Gasteiger partial charge in [0.05, 0.1) is 25.8 Å². The highest BCUT2D eigenvalue weighted by molar-refractivity contribution is 6.16. The summed E-state index contributed by atoms with van der Waals surface area (Å²) in [7, 11) is 5.00. The lowest BCUT2D eigenvalue weighted by molar-refractivity contribution is -0.133. The SMILES string of the molecule is CNC(=O)CN1CCC(COc2cc3nccc(Oc4ccc(NC(=O)C5(C(=O)NC6=NN(C)CC6)CC5)cc4F)c3cc2OC)CC1. The van der Waals surface area contributed by atoms with Crippen LogP contribution in [0.25, 0.3) is 10.9 Å². The van der Waals surface area contributed by atoms with Gasteiger partial charge in [0.2, 0.25) is 17.7 Å². The van der Waals surface area contributed by atoms with E-state index in [1.807, 2.05) is 7.05 Å².